The van der Waals surface area contributed by atoms with Crippen molar-refractivity contribution in [2.24, 2.45) is 17.8 Å². The standard InChI is InChI=1S/C37H53F/c1-3-5-6-7-28-10-14-33(15-11-28)35-24-25-36(37(38)26-35)34-22-20-32(21-23-34)31-18-16-30(17-19-31)29-12-8-27(4-2)9-13-29/h8-9,12-13,24-26,28,30-34H,3-7,10-11,14-23H2,1-2H3/t28-,30-,31-,32-,33-,34-. The Morgan fingerprint density at radius 1 is 0.605 bits per heavy atom. The van der Waals surface area contributed by atoms with E-state index in [9.17, 15) is 0 Å². The van der Waals surface area contributed by atoms with Gasteiger partial charge in [-0.25, -0.2) is 4.39 Å². The van der Waals surface area contributed by atoms with Crippen LogP contribution in [0, 0.1) is 23.6 Å². The average molecular weight is 517 g/mol. The zero-order chi connectivity index (χ0) is 26.3. The van der Waals surface area contributed by atoms with E-state index in [1.54, 1.807) is 5.56 Å². The van der Waals surface area contributed by atoms with Gasteiger partial charge in [-0.1, -0.05) is 75.9 Å². The zero-order valence-corrected chi connectivity index (χ0v) is 24.4. The van der Waals surface area contributed by atoms with E-state index in [0.717, 1.165) is 35.7 Å². The second-order valence-electron chi connectivity index (χ2n) is 13.3. The maximum absolute atomic E-state index is 15.4. The molecule has 0 saturated heterocycles. The van der Waals surface area contributed by atoms with Gasteiger partial charge in [0.15, 0.2) is 0 Å². The van der Waals surface area contributed by atoms with Crippen LogP contribution in [0.3, 0.4) is 0 Å². The summed E-state index contributed by atoms with van der Waals surface area (Å²) >= 11 is 0. The van der Waals surface area contributed by atoms with Crippen LogP contribution in [-0.2, 0) is 6.42 Å². The first-order valence-corrected chi connectivity index (χ1v) is 16.5. The molecule has 38 heavy (non-hydrogen) atoms. The second-order valence-corrected chi connectivity index (χ2v) is 13.3. The lowest BCUT2D eigenvalue weighted by atomic mass is 9.67. The third-order valence-electron chi connectivity index (χ3n) is 11.1. The second kappa shape index (κ2) is 13.6. The van der Waals surface area contributed by atoms with Crippen molar-refractivity contribution < 1.29 is 4.39 Å². The van der Waals surface area contributed by atoms with Gasteiger partial charge in [-0.15, -0.1) is 0 Å². The van der Waals surface area contributed by atoms with Crippen LogP contribution in [0.5, 0.6) is 0 Å². The highest BCUT2D eigenvalue weighted by atomic mass is 19.1. The lowest BCUT2D eigenvalue weighted by molar-refractivity contribution is 0.176. The monoisotopic (exact) mass is 516 g/mol. The molecule has 0 spiro atoms. The predicted molar refractivity (Wildman–Crippen MR) is 160 cm³/mol. The normalized spacial score (nSPS) is 30.3. The van der Waals surface area contributed by atoms with Crippen LogP contribution in [0.15, 0.2) is 42.5 Å². The van der Waals surface area contributed by atoms with Gasteiger partial charge in [0.25, 0.3) is 0 Å². The van der Waals surface area contributed by atoms with E-state index in [1.165, 1.54) is 114 Å². The van der Waals surface area contributed by atoms with Gasteiger partial charge in [0.2, 0.25) is 0 Å². The summed E-state index contributed by atoms with van der Waals surface area (Å²) in [5.41, 5.74) is 5.29. The summed E-state index contributed by atoms with van der Waals surface area (Å²) in [4.78, 5) is 0. The summed E-state index contributed by atoms with van der Waals surface area (Å²) in [6, 6.07) is 15.8. The number of halogens is 1. The Morgan fingerprint density at radius 2 is 1.16 bits per heavy atom. The average Bonchev–Trinajstić information content (AvgIpc) is 2.98. The minimum Gasteiger partial charge on any atom is -0.207 e. The molecule has 0 aliphatic heterocycles. The van der Waals surface area contributed by atoms with Crippen molar-refractivity contribution in [1.29, 1.82) is 0 Å². The highest BCUT2D eigenvalue weighted by molar-refractivity contribution is 5.30. The number of benzene rings is 2. The molecule has 0 atom stereocenters. The molecule has 3 aliphatic rings. The van der Waals surface area contributed by atoms with E-state index >= 15 is 4.39 Å². The van der Waals surface area contributed by atoms with E-state index in [0.29, 0.717) is 11.8 Å². The highest BCUT2D eigenvalue weighted by Crippen LogP contribution is 2.46. The summed E-state index contributed by atoms with van der Waals surface area (Å²) in [5.74, 6) is 4.54. The van der Waals surface area contributed by atoms with Gasteiger partial charge in [0.1, 0.15) is 5.82 Å². The molecule has 0 aromatic heterocycles. The number of unbranched alkanes of at least 4 members (excludes halogenated alkanes) is 2. The van der Waals surface area contributed by atoms with Crippen molar-refractivity contribution in [2.45, 2.75) is 141 Å². The highest BCUT2D eigenvalue weighted by Gasteiger charge is 2.32. The Labute approximate surface area is 233 Å². The molecule has 0 unspecified atom stereocenters. The SMILES string of the molecule is CCCCC[C@H]1CC[C@H](c2ccc([C@H]3CC[C@H]([C@H]4CC[C@H](c5ccc(CC)cc5)CC4)CC3)c(F)c2)CC1. The van der Waals surface area contributed by atoms with Gasteiger partial charge < -0.3 is 0 Å². The van der Waals surface area contributed by atoms with Crippen molar-refractivity contribution in [2.75, 3.05) is 0 Å². The fraction of sp³-hybridized carbons (Fsp3) is 0.676. The van der Waals surface area contributed by atoms with Crippen molar-refractivity contribution in [3.05, 3.63) is 70.5 Å². The molecule has 1 heteroatoms. The Kier molecular flexibility index (Phi) is 10.0. The summed E-state index contributed by atoms with van der Waals surface area (Å²) in [6.07, 6.45) is 22.3. The van der Waals surface area contributed by atoms with Gasteiger partial charge in [0.05, 0.1) is 0 Å². The van der Waals surface area contributed by atoms with Gasteiger partial charge in [0, 0.05) is 0 Å². The molecular formula is C37H53F. The molecule has 3 aliphatic carbocycles. The Hall–Kier alpha value is -1.63. The third kappa shape index (κ3) is 6.92. The number of aryl methyl sites for hydroxylation is 1. The summed E-state index contributed by atoms with van der Waals surface area (Å²) < 4.78 is 15.4. The number of hydrogen-bond donors (Lipinski definition) is 0. The molecule has 2 aromatic carbocycles. The van der Waals surface area contributed by atoms with Crippen molar-refractivity contribution in [3.63, 3.8) is 0 Å². The molecular weight excluding hydrogens is 463 g/mol. The van der Waals surface area contributed by atoms with E-state index in [1.807, 2.05) is 6.07 Å². The molecule has 0 bridgehead atoms. The molecule has 3 saturated carbocycles. The van der Waals surface area contributed by atoms with Crippen LogP contribution in [0.4, 0.5) is 4.39 Å². The van der Waals surface area contributed by atoms with Crippen LogP contribution in [0.25, 0.3) is 0 Å². The first kappa shape index (κ1) is 27.9. The molecule has 5 rings (SSSR count). The maximum atomic E-state index is 15.4. The van der Waals surface area contributed by atoms with Crippen LogP contribution < -0.4 is 0 Å². The van der Waals surface area contributed by atoms with Crippen LogP contribution >= 0.6 is 0 Å². The quantitative estimate of drug-likeness (QED) is 0.291. The third-order valence-corrected chi connectivity index (χ3v) is 11.1. The molecule has 0 nitrogen and oxygen atoms in total. The summed E-state index contributed by atoms with van der Waals surface area (Å²) in [7, 11) is 0. The lowest BCUT2D eigenvalue weighted by Crippen LogP contribution is -2.25. The fourth-order valence-corrected chi connectivity index (χ4v) is 8.45. The smallest absolute Gasteiger partial charge is 0.126 e. The topological polar surface area (TPSA) is 0 Å². The predicted octanol–water partition coefficient (Wildman–Crippen LogP) is 11.5. The van der Waals surface area contributed by atoms with E-state index < -0.39 is 0 Å². The Balaban J connectivity index is 1.07. The first-order chi connectivity index (χ1) is 18.6. The molecule has 3 fully saturated rings. The van der Waals surface area contributed by atoms with Gasteiger partial charge >= 0.3 is 0 Å². The minimum absolute atomic E-state index is 0.0885. The lowest BCUT2D eigenvalue weighted by Gasteiger charge is -2.38. The summed E-state index contributed by atoms with van der Waals surface area (Å²) in [6.45, 7) is 4.53. The van der Waals surface area contributed by atoms with Crippen molar-refractivity contribution in [3.8, 4) is 0 Å². The number of rotatable bonds is 9. The van der Waals surface area contributed by atoms with E-state index in [4.69, 9.17) is 0 Å². The van der Waals surface area contributed by atoms with Gasteiger partial charge in [-0.3, -0.25) is 0 Å². The van der Waals surface area contributed by atoms with Gasteiger partial charge in [-0.05, 0) is 147 Å². The van der Waals surface area contributed by atoms with Crippen LogP contribution in [0.2, 0.25) is 0 Å². The van der Waals surface area contributed by atoms with E-state index in [2.05, 4.69) is 50.2 Å². The molecule has 0 N–H and O–H groups in total. The molecule has 0 amide bonds. The minimum atomic E-state index is 0.0885. The number of hydrogen-bond acceptors (Lipinski definition) is 0. The van der Waals surface area contributed by atoms with Gasteiger partial charge in [-0.2, -0.15) is 0 Å². The van der Waals surface area contributed by atoms with E-state index in [-0.39, 0.29) is 5.82 Å². The van der Waals surface area contributed by atoms with Crippen LogP contribution in [0.1, 0.15) is 157 Å². The Bertz CT molecular complexity index is 966. The molecule has 2 aromatic rings. The molecule has 0 radical (unpaired) electrons. The summed E-state index contributed by atoms with van der Waals surface area (Å²) in [5, 5.41) is 0. The van der Waals surface area contributed by atoms with Crippen LogP contribution in [-0.4, -0.2) is 0 Å². The van der Waals surface area contributed by atoms with Crippen molar-refractivity contribution >= 4 is 0 Å². The maximum Gasteiger partial charge on any atom is 0.126 e. The Morgan fingerprint density at radius 3 is 1.74 bits per heavy atom. The van der Waals surface area contributed by atoms with Crippen molar-refractivity contribution in [1.82, 2.24) is 0 Å². The zero-order valence-electron chi connectivity index (χ0n) is 24.4. The molecule has 208 valence electrons. The largest absolute Gasteiger partial charge is 0.207 e. The fourth-order valence-electron chi connectivity index (χ4n) is 8.45. The first-order valence-electron chi connectivity index (χ1n) is 16.5. The molecule has 0 heterocycles.